The second-order valence-electron chi connectivity index (χ2n) is 6.20. The van der Waals surface area contributed by atoms with Crippen molar-refractivity contribution in [2.75, 3.05) is 35.2 Å². The summed E-state index contributed by atoms with van der Waals surface area (Å²) in [5.41, 5.74) is 3.54. The van der Waals surface area contributed by atoms with Gasteiger partial charge in [-0.25, -0.2) is 4.98 Å². The quantitative estimate of drug-likeness (QED) is 0.597. The molecule has 1 aromatic heterocycles. The third-order valence-corrected chi connectivity index (χ3v) is 4.32. The Kier molecular flexibility index (Phi) is 7.51. The van der Waals surface area contributed by atoms with E-state index in [9.17, 15) is 0 Å². The lowest BCUT2D eigenvalue weighted by atomic mass is 10.1. The first-order valence-electron chi connectivity index (χ1n) is 9.37. The molecule has 0 bridgehead atoms. The zero-order valence-corrected chi connectivity index (χ0v) is 16.0. The highest BCUT2D eigenvalue weighted by atomic mass is 15.1. The minimum absolute atomic E-state index is 0.679. The van der Waals surface area contributed by atoms with Crippen molar-refractivity contribution >= 4 is 23.1 Å². The Morgan fingerprint density at radius 3 is 2.52 bits per heavy atom. The first-order valence-corrected chi connectivity index (χ1v) is 9.37. The first kappa shape index (κ1) is 19.0. The SMILES string of the molecule is CCCCCNc1nccc(Nc2ccc(N(CC)CC)cc2C)n1. The van der Waals surface area contributed by atoms with Crippen molar-refractivity contribution in [3.8, 4) is 0 Å². The van der Waals surface area contributed by atoms with E-state index in [0.717, 1.165) is 37.6 Å². The van der Waals surface area contributed by atoms with Crippen LogP contribution in [-0.2, 0) is 0 Å². The third kappa shape index (κ3) is 5.62. The van der Waals surface area contributed by atoms with Gasteiger partial charge in [-0.3, -0.25) is 0 Å². The molecule has 0 saturated heterocycles. The fraction of sp³-hybridized carbons (Fsp3) is 0.500. The molecule has 2 N–H and O–H groups in total. The number of aryl methyl sites for hydroxylation is 1. The van der Waals surface area contributed by atoms with E-state index in [-0.39, 0.29) is 0 Å². The summed E-state index contributed by atoms with van der Waals surface area (Å²) >= 11 is 0. The van der Waals surface area contributed by atoms with Crippen molar-refractivity contribution < 1.29 is 0 Å². The van der Waals surface area contributed by atoms with Crippen molar-refractivity contribution in [3.05, 3.63) is 36.0 Å². The molecule has 0 aliphatic carbocycles. The van der Waals surface area contributed by atoms with Gasteiger partial charge in [0.25, 0.3) is 0 Å². The van der Waals surface area contributed by atoms with Crippen LogP contribution in [0.25, 0.3) is 0 Å². The van der Waals surface area contributed by atoms with Gasteiger partial charge in [0, 0.05) is 37.2 Å². The zero-order chi connectivity index (χ0) is 18.1. The van der Waals surface area contributed by atoms with Gasteiger partial charge < -0.3 is 15.5 Å². The Morgan fingerprint density at radius 1 is 1.04 bits per heavy atom. The summed E-state index contributed by atoms with van der Waals surface area (Å²) in [6, 6.07) is 8.41. The predicted molar refractivity (Wildman–Crippen MR) is 108 cm³/mol. The lowest BCUT2D eigenvalue weighted by molar-refractivity contribution is 0.740. The van der Waals surface area contributed by atoms with Crippen molar-refractivity contribution in [1.29, 1.82) is 0 Å². The van der Waals surface area contributed by atoms with Gasteiger partial charge >= 0.3 is 0 Å². The number of benzene rings is 1. The van der Waals surface area contributed by atoms with Crippen LogP contribution in [0.1, 0.15) is 45.6 Å². The summed E-state index contributed by atoms with van der Waals surface area (Å²) in [5, 5.41) is 6.70. The van der Waals surface area contributed by atoms with Crippen LogP contribution >= 0.6 is 0 Å². The zero-order valence-electron chi connectivity index (χ0n) is 16.0. The highest BCUT2D eigenvalue weighted by molar-refractivity contribution is 5.65. The van der Waals surface area contributed by atoms with Crippen molar-refractivity contribution in [2.45, 2.75) is 47.0 Å². The third-order valence-electron chi connectivity index (χ3n) is 4.32. The molecule has 1 aromatic carbocycles. The van der Waals surface area contributed by atoms with Gasteiger partial charge in [0.05, 0.1) is 0 Å². The molecule has 2 aromatic rings. The molecular weight excluding hydrogens is 310 g/mol. The maximum Gasteiger partial charge on any atom is 0.224 e. The predicted octanol–water partition coefficient (Wildman–Crippen LogP) is 4.98. The molecule has 2 rings (SSSR count). The summed E-state index contributed by atoms with van der Waals surface area (Å²) in [4.78, 5) is 11.2. The van der Waals surface area contributed by atoms with Gasteiger partial charge in [0.15, 0.2) is 0 Å². The molecule has 0 fully saturated rings. The molecule has 25 heavy (non-hydrogen) atoms. The Bertz CT molecular complexity index is 652. The molecule has 0 saturated carbocycles. The van der Waals surface area contributed by atoms with Crippen LogP contribution in [0.2, 0.25) is 0 Å². The lowest BCUT2D eigenvalue weighted by Gasteiger charge is -2.22. The van der Waals surface area contributed by atoms with Crippen molar-refractivity contribution in [2.24, 2.45) is 0 Å². The normalized spacial score (nSPS) is 10.6. The number of aromatic nitrogens is 2. The summed E-state index contributed by atoms with van der Waals surface area (Å²) in [5.74, 6) is 1.49. The van der Waals surface area contributed by atoms with Gasteiger partial charge in [-0.15, -0.1) is 0 Å². The maximum absolute atomic E-state index is 4.55. The number of unbranched alkanes of at least 4 members (excludes halogenated alkanes) is 2. The topological polar surface area (TPSA) is 53.1 Å². The number of hydrogen-bond donors (Lipinski definition) is 2. The smallest absolute Gasteiger partial charge is 0.224 e. The van der Waals surface area contributed by atoms with E-state index in [1.54, 1.807) is 6.20 Å². The van der Waals surface area contributed by atoms with E-state index >= 15 is 0 Å². The number of rotatable bonds is 10. The fourth-order valence-electron chi connectivity index (χ4n) is 2.80. The molecule has 0 amide bonds. The van der Waals surface area contributed by atoms with Crippen LogP contribution in [0.15, 0.2) is 30.5 Å². The van der Waals surface area contributed by atoms with Crippen molar-refractivity contribution in [3.63, 3.8) is 0 Å². The molecule has 1 heterocycles. The van der Waals surface area contributed by atoms with Gasteiger partial charge in [-0.2, -0.15) is 4.98 Å². The lowest BCUT2D eigenvalue weighted by Crippen LogP contribution is -2.21. The van der Waals surface area contributed by atoms with Gasteiger partial charge in [-0.1, -0.05) is 19.8 Å². The Labute approximate surface area is 151 Å². The molecular formula is C20H31N5. The molecule has 0 radical (unpaired) electrons. The average Bonchev–Trinajstić information content (AvgIpc) is 2.62. The molecule has 0 atom stereocenters. The number of anilines is 4. The number of nitrogens with one attached hydrogen (secondary N) is 2. The van der Waals surface area contributed by atoms with E-state index in [0.29, 0.717) is 5.95 Å². The standard InChI is InChI=1S/C20H31N5/c1-5-8-9-13-21-20-22-14-12-19(24-20)23-18-11-10-17(15-16(18)4)25(6-2)7-3/h10-12,14-15H,5-9,13H2,1-4H3,(H2,21,22,23,24). The van der Waals surface area contributed by atoms with Gasteiger partial charge in [0.2, 0.25) is 5.95 Å². The summed E-state index contributed by atoms with van der Waals surface area (Å²) in [7, 11) is 0. The average molecular weight is 342 g/mol. The van der Waals surface area contributed by atoms with Crippen LogP contribution in [0.5, 0.6) is 0 Å². The highest BCUT2D eigenvalue weighted by Gasteiger charge is 2.06. The Morgan fingerprint density at radius 2 is 1.84 bits per heavy atom. The van der Waals surface area contributed by atoms with E-state index in [2.05, 4.69) is 71.4 Å². The van der Waals surface area contributed by atoms with Crippen LogP contribution in [0.3, 0.4) is 0 Å². The summed E-state index contributed by atoms with van der Waals surface area (Å²) in [6.45, 7) is 11.6. The van der Waals surface area contributed by atoms with E-state index in [4.69, 9.17) is 0 Å². The molecule has 0 aliphatic heterocycles. The van der Waals surface area contributed by atoms with Crippen LogP contribution in [0, 0.1) is 6.92 Å². The van der Waals surface area contributed by atoms with Crippen molar-refractivity contribution in [1.82, 2.24) is 9.97 Å². The Balaban J connectivity index is 2.04. The van der Waals surface area contributed by atoms with Gasteiger partial charge in [0.1, 0.15) is 5.82 Å². The highest BCUT2D eigenvalue weighted by Crippen LogP contribution is 2.25. The van der Waals surface area contributed by atoms with Gasteiger partial charge in [-0.05, 0) is 57.0 Å². The van der Waals surface area contributed by atoms with E-state index < -0.39 is 0 Å². The number of nitrogens with zero attached hydrogens (tertiary/aromatic N) is 3. The summed E-state index contributed by atoms with van der Waals surface area (Å²) < 4.78 is 0. The Hall–Kier alpha value is -2.30. The molecule has 0 unspecified atom stereocenters. The first-order chi connectivity index (χ1) is 12.2. The number of hydrogen-bond acceptors (Lipinski definition) is 5. The maximum atomic E-state index is 4.55. The molecule has 0 aliphatic rings. The van der Waals surface area contributed by atoms with E-state index in [1.807, 2.05) is 6.07 Å². The van der Waals surface area contributed by atoms with Crippen LogP contribution in [0.4, 0.5) is 23.1 Å². The summed E-state index contributed by atoms with van der Waals surface area (Å²) in [6.07, 6.45) is 5.37. The molecule has 5 nitrogen and oxygen atoms in total. The molecule has 136 valence electrons. The monoisotopic (exact) mass is 341 g/mol. The largest absolute Gasteiger partial charge is 0.372 e. The van der Waals surface area contributed by atoms with Crippen LogP contribution in [-0.4, -0.2) is 29.6 Å². The second kappa shape index (κ2) is 9.87. The molecule has 0 spiro atoms. The molecule has 5 heteroatoms. The minimum Gasteiger partial charge on any atom is -0.372 e. The van der Waals surface area contributed by atoms with E-state index in [1.165, 1.54) is 24.1 Å². The second-order valence-corrected chi connectivity index (χ2v) is 6.20. The fourth-order valence-corrected chi connectivity index (χ4v) is 2.80. The minimum atomic E-state index is 0.679. The van der Waals surface area contributed by atoms with Crippen LogP contribution < -0.4 is 15.5 Å².